The van der Waals surface area contributed by atoms with Crippen LogP contribution in [0.2, 0.25) is 5.02 Å². The van der Waals surface area contributed by atoms with Crippen LogP contribution in [0.15, 0.2) is 53.1 Å². The van der Waals surface area contributed by atoms with Gasteiger partial charge in [-0.2, -0.15) is 10.1 Å². The van der Waals surface area contributed by atoms with E-state index in [-0.39, 0.29) is 16.5 Å². The van der Waals surface area contributed by atoms with E-state index in [0.29, 0.717) is 22.7 Å². The molecule has 26 heavy (non-hydrogen) atoms. The van der Waals surface area contributed by atoms with Crippen LogP contribution in [0.3, 0.4) is 0 Å². The first-order valence-corrected chi connectivity index (χ1v) is 8.07. The number of aromatic carboxylic acids is 1. The largest absolute Gasteiger partial charge is 0.496 e. The lowest BCUT2D eigenvalue weighted by molar-refractivity contribution is -0.114. The number of benzene rings is 2. The number of anilines is 1. The van der Waals surface area contributed by atoms with Gasteiger partial charge in [0.05, 0.1) is 34.7 Å². The fourth-order valence-electron chi connectivity index (χ4n) is 2.61. The van der Waals surface area contributed by atoms with Gasteiger partial charge in [-0.05, 0) is 37.3 Å². The Morgan fingerprint density at radius 1 is 1.27 bits per heavy atom. The molecule has 3 rings (SSSR count). The van der Waals surface area contributed by atoms with E-state index < -0.39 is 5.97 Å². The zero-order valence-electron chi connectivity index (χ0n) is 14.1. The summed E-state index contributed by atoms with van der Waals surface area (Å²) in [7, 11) is 1.56. The molecule has 6 nitrogen and oxygen atoms in total. The van der Waals surface area contributed by atoms with E-state index in [9.17, 15) is 14.7 Å². The minimum atomic E-state index is -1.17. The second-order valence-electron chi connectivity index (χ2n) is 5.57. The molecule has 0 atom stereocenters. The molecule has 0 aliphatic carbocycles. The van der Waals surface area contributed by atoms with E-state index in [2.05, 4.69) is 5.10 Å². The quantitative estimate of drug-likeness (QED) is 0.829. The van der Waals surface area contributed by atoms with E-state index in [0.717, 1.165) is 5.56 Å². The molecule has 132 valence electrons. The molecular formula is C19H15ClN2O4. The second-order valence-corrected chi connectivity index (χ2v) is 5.98. The molecule has 1 amide bonds. The van der Waals surface area contributed by atoms with E-state index in [1.54, 1.807) is 32.2 Å². The van der Waals surface area contributed by atoms with Crippen LogP contribution in [-0.2, 0) is 4.79 Å². The van der Waals surface area contributed by atoms with Gasteiger partial charge in [-0.1, -0.05) is 29.8 Å². The molecule has 0 fully saturated rings. The molecule has 1 aliphatic heterocycles. The van der Waals surface area contributed by atoms with Crippen molar-refractivity contribution in [3.63, 3.8) is 0 Å². The molecule has 0 spiro atoms. The number of para-hydroxylation sites is 1. The topological polar surface area (TPSA) is 79.2 Å². The summed E-state index contributed by atoms with van der Waals surface area (Å²) in [5, 5.41) is 14.7. The number of hydrogen-bond acceptors (Lipinski definition) is 4. The van der Waals surface area contributed by atoms with Crippen LogP contribution in [0.4, 0.5) is 5.69 Å². The third-order valence-electron chi connectivity index (χ3n) is 3.93. The SMILES string of the molecule is COc1ccccc1C=C1C(=O)N(c2ccc(Cl)c(C(=O)O)c2)N=C1C. The third kappa shape index (κ3) is 3.19. The normalized spacial score (nSPS) is 15.3. The van der Waals surface area contributed by atoms with Crippen molar-refractivity contribution in [2.45, 2.75) is 6.92 Å². The second kappa shape index (κ2) is 7.01. The van der Waals surface area contributed by atoms with Gasteiger partial charge in [-0.3, -0.25) is 4.79 Å². The fraction of sp³-hybridized carbons (Fsp3) is 0.105. The Hall–Kier alpha value is -3.12. The number of amides is 1. The Balaban J connectivity index is 2.00. The molecular weight excluding hydrogens is 356 g/mol. The lowest BCUT2D eigenvalue weighted by Crippen LogP contribution is -2.21. The Morgan fingerprint density at radius 2 is 2.00 bits per heavy atom. The number of carboxylic acid groups (broad SMARTS) is 1. The minimum Gasteiger partial charge on any atom is -0.496 e. The number of hydrogen-bond donors (Lipinski definition) is 1. The fourth-order valence-corrected chi connectivity index (χ4v) is 2.81. The highest BCUT2D eigenvalue weighted by atomic mass is 35.5. The number of carbonyl (C=O) groups excluding carboxylic acids is 1. The van der Waals surface area contributed by atoms with Gasteiger partial charge < -0.3 is 9.84 Å². The number of ether oxygens (including phenoxy) is 1. The van der Waals surface area contributed by atoms with Crippen LogP contribution in [0.1, 0.15) is 22.8 Å². The van der Waals surface area contributed by atoms with Crippen LogP contribution in [0.25, 0.3) is 6.08 Å². The van der Waals surface area contributed by atoms with Gasteiger partial charge in [0.15, 0.2) is 0 Å². The van der Waals surface area contributed by atoms with Crippen molar-refractivity contribution < 1.29 is 19.4 Å². The van der Waals surface area contributed by atoms with Gasteiger partial charge in [-0.15, -0.1) is 0 Å². The zero-order valence-corrected chi connectivity index (χ0v) is 14.8. The van der Waals surface area contributed by atoms with Crippen LogP contribution < -0.4 is 9.75 Å². The van der Waals surface area contributed by atoms with Crippen molar-refractivity contribution in [1.29, 1.82) is 0 Å². The number of carboxylic acids is 1. The molecule has 0 radical (unpaired) electrons. The predicted octanol–water partition coefficient (Wildman–Crippen LogP) is 3.85. The summed E-state index contributed by atoms with van der Waals surface area (Å²) < 4.78 is 5.30. The molecule has 0 saturated carbocycles. The molecule has 2 aromatic carbocycles. The average Bonchev–Trinajstić information content (AvgIpc) is 2.90. The van der Waals surface area contributed by atoms with Crippen molar-refractivity contribution in [2.24, 2.45) is 5.10 Å². The van der Waals surface area contributed by atoms with E-state index in [1.165, 1.54) is 17.1 Å². The molecule has 0 unspecified atom stereocenters. The van der Waals surface area contributed by atoms with Crippen LogP contribution >= 0.6 is 11.6 Å². The molecule has 2 aromatic rings. The lowest BCUT2D eigenvalue weighted by atomic mass is 10.1. The molecule has 1 heterocycles. The van der Waals surface area contributed by atoms with Gasteiger partial charge >= 0.3 is 5.97 Å². The lowest BCUT2D eigenvalue weighted by Gasteiger charge is -2.13. The van der Waals surface area contributed by atoms with Gasteiger partial charge in [0, 0.05) is 5.56 Å². The Kier molecular flexibility index (Phi) is 4.77. The first-order valence-electron chi connectivity index (χ1n) is 7.70. The summed E-state index contributed by atoms with van der Waals surface area (Å²) in [5.74, 6) is -0.889. The first kappa shape index (κ1) is 17.7. The molecule has 0 aromatic heterocycles. The highest BCUT2D eigenvalue weighted by molar-refractivity contribution is 6.34. The summed E-state index contributed by atoms with van der Waals surface area (Å²) in [5.41, 5.74) is 1.91. The summed E-state index contributed by atoms with van der Waals surface area (Å²) in [6.45, 7) is 1.72. The summed E-state index contributed by atoms with van der Waals surface area (Å²) in [4.78, 5) is 24.1. The number of nitrogens with zero attached hydrogens (tertiary/aromatic N) is 2. The number of halogens is 1. The Morgan fingerprint density at radius 3 is 2.69 bits per heavy atom. The highest BCUT2D eigenvalue weighted by Crippen LogP contribution is 2.30. The number of rotatable bonds is 4. The number of hydrazone groups is 1. The Labute approximate surface area is 155 Å². The number of methoxy groups -OCH3 is 1. The first-order chi connectivity index (χ1) is 12.4. The highest BCUT2D eigenvalue weighted by Gasteiger charge is 2.29. The maximum atomic E-state index is 12.8. The van der Waals surface area contributed by atoms with E-state index in [4.69, 9.17) is 16.3 Å². The number of carbonyl (C=O) groups is 2. The summed E-state index contributed by atoms with van der Waals surface area (Å²) in [6.07, 6.45) is 1.70. The molecule has 1 aliphatic rings. The van der Waals surface area contributed by atoms with Crippen LogP contribution in [-0.4, -0.2) is 29.8 Å². The monoisotopic (exact) mass is 370 g/mol. The molecule has 7 heteroatoms. The standard InChI is InChI=1S/C19H15ClN2O4/c1-11-14(9-12-5-3-4-6-17(12)26-2)18(23)22(21-11)13-7-8-16(20)15(10-13)19(24)25/h3-10H,1-2H3,(H,24,25). The van der Waals surface area contributed by atoms with E-state index >= 15 is 0 Å². The van der Waals surface area contributed by atoms with Crippen molar-refractivity contribution in [3.8, 4) is 5.75 Å². The summed E-state index contributed by atoms with van der Waals surface area (Å²) >= 11 is 5.89. The smallest absolute Gasteiger partial charge is 0.337 e. The Bertz CT molecular complexity index is 966. The maximum absolute atomic E-state index is 12.8. The van der Waals surface area contributed by atoms with Gasteiger partial charge in [0.1, 0.15) is 5.75 Å². The predicted molar refractivity (Wildman–Crippen MR) is 100.0 cm³/mol. The minimum absolute atomic E-state index is 0.0908. The summed E-state index contributed by atoms with van der Waals surface area (Å²) in [6, 6.07) is 11.6. The zero-order chi connectivity index (χ0) is 18.8. The van der Waals surface area contributed by atoms with Crippen molar-refractivity contribution in [1.82, 2.24) is 0 Å². The average molecular weight is 371 g/mol. The van der Waals surface area contributed by atoms with Gasteiger partial charge in [0.25, 0.3) is 5.91 Å². The molecule has 1 N–H and O–H groups in total. The van der Waals surface area contributed by atoms with Gasteiger partial charge in [-0.25, -0.2) is 4.79 Å². The van der Waals surface area contributed by atoms with E-state index in [1.807, 2.05) is 18.2 Å². The van der Waals surface area contributed by atoms with Crippen molar-refractivity contribution in [3.05, 3.63) is 64.2 Å². The van der Waals surface area contributed by atoms with Crippen molar-refractivity contribution in [2.75, 3.05) is 12.1 Å². The molecule has 0 bridgehead atoms. The van der Waals surface area contributed by atoms with Gasteiger partial charge in [0.2, 0.25) is 0 Å². The third-order valence-corrected chi connectivity index (χ3v) is 4.26. The molecule has 0 saturated heterocycles. The van der Waals surface area contributed by atoms with Crippen LogP contribution in [0.5, 0.6) is 5.75 Å². The van der Waals surface area contributed by atoms with Crippen LogP contribution in [0, 0.1) is 0 Å². The maximum Gasteiger partial charge on any atom is 0.337 e. The van der Waals surface area contributed by atoms with Crippen molar-refractivity contribution >= 4 is 41.0 Å².